The summed E-state index contributed by atoms with van der Waals surface area (Å²) in [5, 5.41) is 8.07. The van der Waals surface area contributed by atoms with Crippen LogP contribution >= 0.6 is 0 Å². The number of pyridine rings is 1. The monoisotopic (exact) mass is 370 g/mol. The number of hydrogen-bond donors (Lipinski definition) is 0. The van der Waals surface area contributed by atoms with Gasteiger partial charge in [0.15, 0.2) is 0 Å². The Kier molecular flexibility index (Phi) is 4.21. The topological polar surface area (TPSA) is 89.9 Å². The number of amides is 1. The van der Waals surface area contributed by atoms with Gasteiger partial charge in [0.1, 0.15) is 5.69 Å². The molecule has 0 bridgehead atoms. The lowest BCUT2D eigenvalue weighted by molar-refractivity contribution is 0.0147. The van der Waals surface area contributed by atoms with E-state index in [1.54, 1.807) is 37.6 Å². The molecular weight excluding hydrogens is 351 g/mol. The maximum absolute atomic E-state index is 15.6. The minimum atomic E-state index is -1.88. The van der Waals surface area contributed by atoms with Gasteiger partial charge in [0.25, 0.3) is 11.8 Å². The molecule has 1 amide bonds. The Labute approximate surface area is 155 Å². The molecule has 0 N–H and O–H groups in total. The number of rotatable bonds is 3. The highest BCUT2D eigenvalue weighted by molar-refractivity contribution is 5.92. The van der Waals surface area contributed by atoms with Crippen molar-refractivity contribution in [2.24, 2.45) is 7.05 Å². The Morgan fingerprint density at radius 3 is 2.81 bits per heavy atom. The number of nitrogens with zero attached hydrogens (tertiary/aromatic N) is 6. The lowest BCUT2D eigenvalue weighted by Gasteiger charge is -2.35. The maximum atomic E-state index is 15.6. The number of carbonyl (C=O) groups is 1. The van der Waals surface area contributed by atoms with Crippen LogP contribution in [0, 0.1) is 6.92 Å². The van der Waals surface area contributed by atoms with Crippen molar-refractivity contribution in [2.75, 3.05) is 13.1 Å². The van der Waals surface area contributed by atoms with Gasteiger partial charge in [-0.15, -0.1) is 0 Å². The Hall–Kier alpha value is -3.10. The van der Waals surface area contributed by atoms with Crippen LogP contribution in [0.25, 0.3) is 11.4 Å². The maximum Gasteiger partial charge on any atom is 0.272 e. The standard InChI is InChI=1S/C18H19FN6O2/c1-12-10-14(24(2)22-12)16(26)25-9-3-6-18(19,11-25)17-21-15(23-27-17)13-4-7-20-8-5-13/h4-5,7-8,10H,3,6,9,11H2,1-2H3. The van der Waals surface area contributed by atoms with Crippen molar-refractivity contribution in [3.05, 3.63) is 47.9 Å². The molecule has 4 heterocycles. The van der Waals surface area contributed by atoms with Crippen LogP contribution in [0.1, 0.15) is 34.9 Å². The first kappa shape index (κ1) is 17.3. The first-order valence-electron chi connectivity index (χ1n) is 8.70. The van der Waals surface area contributed by atoms with Gasteiger partial charge in [0, 0.05) is 31.5 Å². The summed E-state index contributed by atoms with van der Waals surface area (Å²) in [7, 11) is 1.70. The lowest BCUT2D eigenvalue weighted by Crippen LogP contribution is -2.47. The van der Waals surface area contributed by atoms with E-state index < -0.39 is 5.67 Å². The Morgan fingerprint density at radius 1 is 1.33 bits per heavy atom. The number of hydrogen-bond acceptors (Lipinski definition) is 6. The second kappa shape index (κ2) is 6.57. The van der Waals surface area contributed by atoms with Crippen LogP contribution in [0.5, 0.6) is 0 Å². The van der Waals surface area contributed by atoms with E-state index in [9.17, 15) is 4.79 Å². The second-order valence-electron chi connectivity index (χ2n) is 6.75. The van der Waals surface area contributed by atoms with Crippen LogP contribution < -0.4 is 0 Å². The van der Waals surface area contributed by atoms with Gasteiger partial charge in [-0.1, -0.05) is 5.16 Å². The summed E-state index contributed by atoms with van der Waals surface area (Å²) in [4.78, 5) is 22.5. The third-order valence-electron chi connectivity index (χ3n) is 4.70. The fourth-order valence-corrected chi connectivity index (χ4v) is 3.36. The van der Waals surface area contributed by atoms with Gasteiger partial charge in [-0.3, -0.25) is 14.5 Å². The molecule has 4 rings (SSSR count). The summed E-state index contributed by atoms with van der Waals surface area (Å²) < 4.78 is 22.4. The van der Waals surface area contributed by atoms with E-state index in [2.05, 4.69) is 20.2 Å². The third-order valence-corrected chi connectivity index (χ3v) is 4.70. The second-order valence-corrected chi connectivity index (χ2v) is 6.75. The zero-order valence-electron chi connectivity index (χ0n) is 15.1. The van der Waals surface area contributed by atoms with Crippen LogP contribution in [-0.2, 0) is 12.7 Å². The zero-order chi connectivity index (χ0) is 19.0. The fraction of sp³-hybridized carbons (Fsp3) is 0.389. The largest absolute Gasteiger partial charge is 0.335 e. The first-order valence-corrected chi connectivity index (χ1v) is 8.70. The fourth-order valence-electron chi connectivity index (χ4n) is 3.36. The molecule has 3 aromatic rings. The SMILES string of the molecule is Cc1cc(C(=O)N2CCCC(F)(c3nc(-c4ccncc4)no3)C2)n(C)n1. The zero-order valence-corrected chi connectivity index (χ0v) is 15.1. The summed E-state index contributed by atoms with van der Waals surface area (Å²) in [6, 6.07) is 5.15. The summed E-state index contributed by atoms with van der Waals surface area (Å²) >= 11 is 0. The molecule has 1 atom stereocenters. The predicted molar refractivity (Wildman–Crippen MR) is 93.4 cm³/mol. The van der Waals surface area contributed by atoms with Crippen LogP contribution in [0.3, 0.4) is 0 Å². The first-order chi connectivity index (χ1) is 13.0. The number of aromatic nitrogens is 5. The van der Waals surface area contributed by atoms with E-state index in [0.717, 1.165) is 5.69 Å². The highest BCUT2D eigenvalue weighted by atomic mass is 19.1. The Bertz CT molecular complexity index is 969. The molecule has 0 saturated carbocycles. The highest BCUT2D eigenvalue weighted by Crippen LogP contribution is 2.36. The molecule has 0 aliphatic carbocycles. The summed E-state index contributed by atoms with van der Waals surface area (Å²) in [5.74, 6) is -0.0585. The number of alkyl halides is 1. The molecule has 0 radical (unpaired) electrons. The van der Waals surface area contributed by atoms with E-state index in [0.29, 0.717) is 30.0 Å². The van der Waals surface area contributed by atoms with E-state index in [1.807, 2.05) is 6.92 Å². The molecule has 1 fully saturated rings. The van der Waals surface area contributed by atoms with Gasteiger partial charge in [-0.05, 0) is 38.0 Å². The van der Waals surface area contributed by atoms with Crippen molar-refractivity contribution in [2.45, 2.75) is 25.4 Å². The van der Waals surface area contributed by atoms with Crippen molar-refractivity contribution in [1.82, 2.24) is 29.8 Å². The molecule has 27 heavy (non-hydrogen) atoms. The number of likely N-dealkylation sites (tertiary alicyclic amines) is 1. The Balaban J connectivity index is 1.57. The number of carbonyl (C=O) groups excluding carboxylic acids is 1. The lowest BCUT2D eigenvalue weighted by atomic mass is 9.94. The Morgan fingerprint density at radius 2 is 2.11 bits per heavy atom. The quantitative estimate of drug-likeness (QED) is 0.703. The van der Waals surface area contributed by atoms with Gasteiger partial charge < -0.3 is 9.42 Å². The van der Waals surface area contributed by atoms with Crippen molar-refractivity contribution in [1.29, 1.82) is 0 Å². The summed E-state index contributed by atoms with van der Waals surface area (Å²) in [6.45, 7) is 2.15. The van der Waals surface area contributed by atoms with Gasteiger partial charge in [0.2, 0.25) is 11.5 Å². The molecular formula is C18H19FN6O2. The van der Waals surface area contributed by atoms with Crippen LogP contribution in [0.15, 0.2) is 35.1 Å². The van der Waals surface area contributed by atoms with Crippen molar-refractivity contribution in [3.8, 4) is 11.4 Å². The van der Waals surface area contributed by atoms with Crippen molar-refractivity contribution < 1.29 is 13.7 Å². The third kappa shape index (κ3) is 3.20. The predicted octanol–water partition coefficient (Wildman–Crippen LogP) is 2.27. The molecule has 1 aliphatic heterocycles. The molecule has 0 spiro atoms. The van der Waals surface area contributed by atoms with E-state index in [4.69, 9.17) is 4.52 Å². The van der Waals surface area contributed by atoms with Crippen molar-refractivity contribution >= 4 is 5.91 Å². The van der Waals surface area contributed by atoms with Gasteiger partial charge >= 0.3 is 0 Å². The van der Waals surface area contributed by atoms with Crippen LogP contribution in [0.4, 0.5) is 4.39 Å². The molecule has 3 aromatic heterocycles. The van der Waals surface area contributed by atoms with E-state index in [-0.39, 0.29) is 24.8 Å². The molecule has 8 nitrogen and oxygen atoms in total. The van der Waals surface area contributed by atoms with Crippen molar-refractivity contribution in [3.63, 3.8) is 0 Å². The van der Waals surface area contributed by atoms with Gasteiger partial charge in [-0.2, -0.15) is 10.1 Å². The molecule has 0 aromatic carbocycles. The smallest absolute Gasteiger partial charge is 0.272 e. The van der Waals surface area contributed by atoms with Gasteiger partial charge in [0.05, 0.1) is 12.2 Å². The summed E-state index contributed by atoms with van der Waals surface area (Å²) in [6.07, 6.45) is 3.94. The highest BCUT2D eigenvalue weighted by Gasteiger charge is 2.44. The number of halogens is 1. The minimum Gasteiger partial charge on any atom is -0.335 e. The molecule has 1 aliphatic rings. The van der Waals surface area contributed by atoms with Gasteiger partial charge in [-0.25, -0.2) is 4.39 Å². The molecule has 1 unspecified atom stereocenters. The number of aryl methyl sites for hydroxylation is 2. The van der Waals surface area contributed by atoms with Crippen LogP contribution in [-0.4, -0.2) is 48.8 Å². The minimum absolute atomic E-state index is 0.104. The summed E-state index contributed by atoms with van der Waals surface area (Å²) in [5.41, 5.74) is -0.0134. The molecule has 9 heteroatoms. The normalized spacial score (nSPS) is 20.0. The van der Waals surface area contributed by atoms with E-state index >= 15 is 4.39 Å². The number of piperidine rings is 1. The molecule has 1 saturated heterocycles. The average Bonchev–Trinajstić information content (AvgIpc) is 3.29. The average molecular weight is 370 g/mol. The van der Waals surface area contributed by atoms with E-state index in [1.165, 1.54) is 9.58 Å². The molecule has 140 valence electrons. The van der Waals surface area contributed by atoms with Crippen LogP contribution in [0.2, 0.25) is 0 Å².